The molecule has 1 aliphatic heterocycles. The molecular weight excluding hydrogens is 482 g/mol. The molecule has 0 saturated carbocycles. The van der Waals surface area contributed by atoms with Crippen molar-refractivity contribution >= 4 is 23.6 Å². The predicted octanol–water partition coefficient (Wildman–Crippen LogP) is 1.17. The summed E-state index contributed by atoms with van der Waals surface area (Å²) in [6.45, 7) is 1.51. The third kappa shape index (κ3) is 7.18. The maximum absolute atomic E-state index is 13.3. The number of fused-ring (bicyclic) bond motifs is 1. The summed E-state index contributed by atoms with van der Waals surface area (Å²) in [4.78, 5) is 38.3. The first kappa shape index (κ1) is 27.4. The number of aliphatic carboxylic acids is 1. The summed E-state index contributed by atoms with van der Waals surface area (Å²) in [5.74, 6) is -1.30. The molecular formula is C25H31N5O7. The van der Waals surface area contributed by atoms with Crippen LogP contribution in [0, 0.1) is 5.41 Å². The van der Waals surface area contributed by atoms with Crippen LogP contribution < -0.4 is 31.0 Å². The van der Waals surface area contributed by atoms with Gasteiger partial charge < -0.3 is 30.8 Å². The van der Waals surface area contributed by atoms with E-state index < -0.39 is 41.8 Å². The van der Waals surface area contributed by atoms with Crippen LogP contribution in [0.2, 0.25) is 0 Å². The van der Waals surface area contributed by atoms with Crippen LogP contribution in [-0.4, -0.2) is 58.7 Å². The van der Waals surface area contributed by atoms with E-state index in [1.54, 1.807) is 48.5 Å². The lowest BCUT2D eigenvalue weighted by atomic mass is 10.0. The Labute approximate surface area is 214 Å². The third-order valence-electron chi connectivity index (χ3n) is 5.83. The van der Waals surface area contributed by atoms with Crippen molar-refractivity contribution in [1.29, 1.82) is 5.41 Å². The molecule has 3 rings (SSSR count). The normalized spacial score (nSPS) is 14.3. The summed E-state index contributed by atoms with van der Waals surface area (Å²) < 4.78 is 16.8. The fraction of sp³-hybridized carbons (Fsp3) is 0.360. The lowest BCUT2D eigenvalue weighted by Crippen LogP contribution is -2.59. The monoisotopic (exact) mass is 513 g/mol. The maximum atomic E-state index is 13.3. The summed E-state index contributed by atoms with van der Waals surface area (Å²) in [5, 5.41) is 19.9. The first-order chi connectivity index (χ1) is 17.6. The Morgan fingerprint density at radius 3 is 2.54 bits per heavy atom. The number of ether oxygens (including phenoxy) is 3. The van der Waals surface area contributed by atoms with Crippen molar-refractivity contribution in [3.63, 3.8) is 0 Å². The zero-order valence-electron chi connectivity index (χ0n) is 20.4. The fourth-order valence-corrected chi connectivity index (χ4v) is 3.72. The van der Waals surface area contributed by atoms with Crippen LogP contribution in [0.3, 0.4) is 0 Å². The minimum atomic E-state index is -1.79. The van der Waals surface area contributed by atoms with E-state index >= 15 is 0 Å². The molecule has 0 aromatic heterocycles. The van der Waals surface area contributed by atoms with E-state index in [-0.39, 0.29) is 32.7 Å². The molecule has 0 radical (unpaired) electrons. The van der Waals surface area contributed by atoms with Crippen molar-refractivity contribution in [3.8, 4) is 17.2 Å². The van der Waals surface area contributed by atoms with Gasteiger partial charge in [-0.2, -0.15) is 0 Å². The number of carbonyl (C=O) groups is 3. The third-order valence-corrected chi connectivity index (χ3v) is 5.83. The van der Waals surface area contributed by atoms with Gasteiger partial charge in [-0.25, -0.2) is 0 Å². The van der Waals surface area contributed by atoms with Crippen LogP contribution in [-0.2, 0) is 20.9 Å². The van der Waals surface area contributed by atoms with Crippen molar-refractivity contribution in [2.24, 2.45) is 11.5 Å². The van der Waals surface area contributed by atoms with Crippen molar-refractivity contribution < 1.29 is 33.7 Å². The Hall–Kier alpha value is -4.16. The first-order valence-electron chi connectivity index (χ1n) is 11.6. The van der Waals surface area contributed by atoms with E-state index in [2.05, 4.69) is 5.32 Å². The lowest BCUT2D eigenvalue weighted by molar-refractivity contribution is -0.145. The number of guanidine groups is 1. The molecule has 0 bridgehead atoms. The van der Waals surface area contributed by atoms with Crippen LogP contribution in [0.1, 0.15) is 31.7 Å². The molecule has 0 aliphatic carbocycles. The minimum absolute atomic E-state index is 0.0450. The number of hydrogen-bond donors (Lipinski definition) is 5. The van der Waals surface area contributed by atoms with E-state index in [1.807, 2.05) is 0 Å². The second kappa shape index (κ2) is 12.2. The number of para-hydroxylation sites is 1. The summed E-state index contributed by atoms with van der Waals surface area (Å²) in [6, 6.07) is 12.7. The number of ketones is 1. The highest BCUT2D eigenvalue weighted by atomic mass is 16.7. The summed E-state index contributed by atoms with van der Waals surface area (Å²) >= 11 is 0. The van der Waals surface area contributed by atoms with Gasteiger partial charge in [-0.3, -0.25) is 30.0 Å². The SMILES string of the molecule is CC(=O)C(CC(=O)N(CCCC(N)C(=O)O)C(=N)N)(NCc1ccc2c(c1)OCO2)Oc1ccccc1. The summed E-state index contributed by atoms with van der Waals surface area (Å²) in [6.07, 6.45) is -0.213. The molecule has 1 heterocycles. The minimum Gasteiger partial charge on any atom is -0.480 e. The van der Waals surface area contributed by atoms with E-state index in [0.29, 0.717) is 17.2 Å². The number of hydrogen-bond acceptors (Lipinski definition) is 9. The average molecular weight is 514 g/mol. The second-order valence-corrected chi connectivity index (χ2v) is 8.53. The van der Waals surface area contributed by atoms with Crippen molar-refractivity contribution in [1.82, 2.24) is 10.2 Å². The number of Topliss-reactive ketones (excluding diaryl/α,β-unsaturated/α-hetero) is 1. The zero-order chi connectivity index (χ0) is 27.0. The number of carbonyl (C=O) groups excluding carboxylic acids is 2. The Bertz CT molecular complexity index is 1140. The first-order valence-corrected chi connectivity index (χ1v) is 11.6. The maximum Gasteiger partial charge on any atom is 0.320 e. The van der Waals surface area contributed by atoms with Gasteiger partial charge in [-0.15, -0.1) is 0 Å². The van der Waals surface area contributed by atoms with Gasteiger partial charge >= 0.3 is 5.97 Å². The zero-order valence-corrected chi connectivity index (χ0v) is 20.4. The number of nitrogens with two attached hydrogens (primary N) is 2. The smallest absolute Gasteiger partial charge is 0.320 e. The standard InChI is InChI=1S/C25H31N5O7/c1-16(31)25(37-18-6-3-2-4-7-18,29-14-17-9-10-20-21(12-17)36-15-35-20)13-22(32)30(24(27)28)11-5-8-19(26)23(33)34/h2-4,6-7,9-10,12,19,29H,5,8,11,13-15,26H2,1H3,(H3,27,28)(H,33,34). The molecule has 2 atom stereocenters. The van der Waals surface area contributed by atoms with Gasteiger partial charge in [0.05, 0.1) is 6.42 Å². The van der Waals surface area contributed by atoms with E-state index in [9.17, 15) is 14.4 Å². The topological polar surface area (TPSA) is 190 Å². The van der Waals surface area contributed by atoms with Crippen LogP contribution in [0.4, 0.5) is 0 Å². The molecule has 2 unspecified atom stereocenters. The molecule has 7 N–H and O–H groups in total. The Balaban J connectivity index is 1.82. The van der Waals surface area contributed by atoms with Gasteiger partial charge in [0.15, 0.2) is 23.2 Å². The number of carboxylic acids is 1. The highest BCUT2D eigenvalue weighted by molar-refractivity contribution is 5.98. The number of benzene rings is 2. The van der Waals surface area contributed by atoms with Crippen molar-refractivity contribution in [3.05, 3.63) is 54.1 Å². The van der Waals surface area contributed by atoms with Gasteiger partial charge in [-0.05, 0) is 42.7 Å². The molecule has 0 saturated heterocycles. The molecule has 1 amide bonds. The molecule has 0 spiro atoms. The van der Waals surface area contributed by atoms with Crippen molar-refractivity contribution in [2.45, 2.75) is 44.5 Å². The van der Waals surface area contributed by atoms with Gasteiger partial charge in [-0.1, -0.05) is 24.3 Å². The fourth-order valence-electron chi connectivity index (χ4n) is 3.72. The number of carboxylic acid groups (broad SMARTS) is 1. The van der Waals surface area contributed by atoms with Crippen molar-refractivity contribution in [2.75, 3.05) is 13.3 Å². The van der Waals surface area contributed by atoms with Gasteiger partial charge in [0.1, 0.15) is 11.8 Å². The Kier molecular flexibility index (Phi) is 9.04. The molecule has 37 heavy (non-hydrogen) atoms. The van der Waals surface area contributed by atoms with E-state index in [0.717, 1.165) is 10.5 Å². The van der Waals surface area contributed by atoms with Crippen LogP contribution in [0.5, 0.6) is 17.2 Å². The molecule has 12 nitrogen and oxygen atoms in total. The number of rotatable bonds is 13. The lowest BCUT2D eigenvalue weighted by Gasteiger charge is -2.34. The number of nitrogens with one attached hydrogen (secondary N) is 2. The predicted molar refractivity (Wildman–Crippen MR) is 133 cm³/mol. The molecule has 198 valence electrons. The summed E-state index contributed by atoms with van der Waals surface area (Å²) in [7, 11) is 0. The highest BCUT2D eigenvalue weighted by Gasteiger charge is 2.42. The van der Waals surface area contributed by atoms with Gasteiger partial charge in [0.25, 0.3) is 0 Å². The quantitative estimate of drug-likeness (QED) is 0.148. The van der Waals surface area contributed by atoms with Gasteiger partial charge in [0, 0.05) is 20.0 Å². The Morgan fingerprint density at radius 2 is 1.89 bits per heavy atom. The molecule has 2 aromatic carbocycles. The molecule has 1 aliphatic rings. The highest BCUT2D eigenvalue weighted by Crippen LogP contribution is 2.33. The van der Waals surface area contributed by atoms with E-state index in [1.165, 1.54) is 6.92 Å². The van der Waals surface area contributed by atoms with Crippen LogP contribution in [0.25, 0.3) is 0 Å². The van der Waals surface area contributed by atoms with Gasteiger partial charge in [0.2, 0.25) is 18.4 Å². The molecule has 0 fully saturated rings. The second-order valence-electron chi connectivity index (χ2n) is 8.53. The van der Waals surface area contributed by atoms with Crippen LogP contribution >= 0.6 is 0 Å². The molecule has 2 aromatic rings. The largest absolute Gasteiger partial charge is 0.480 e. The van der Waals surface area contributed by atoms with E-state index in [4.69, 9.17) is 36.2 Å². The van der Waals surface area contributed by atoms with Crippen LogP contribution in [0.15, 0.2) is 48.5 Å². The number of nitrogens with zero attached hydrogens (tertiary/aromatic N) is 1. The molecule has 12 heteroatoms. The number of amides is 1. The summed E-state index contributed by atoms with van der Waals surface area (Å²) in [5.41, 5.74) is 10.1. The Morgan fingerprint density at radius 1 is 1.19 bits per heavy atom. The average Bonchev–Trinajstić information content (AvgIpc) is 3.33.